The molecule has 4 rings (SSSR count). The summed E-state index contributed by atoms with van der Waals surface area (Å²) in [6, 6.07) is 0. The van der Waals surface area contributed by atoms with E-state index in [2.05, 4.69) is 48.8 Å². The molecule has 1 saturated carbocycles. The van der Waals surface area contributed by atoms with E-state index in [1.165, 1.54) is 0 Å². The molecule has 3 heterocycles. The molecule has 12 heteroatoms. The summed E-state index contributed by atoms with van der Waals surface area (Å²) in [5, 5.41) is 0.197. The Morgan fingerprint density at radius 2 is 2.17 bits per heavy atom. The molecule has 2 aromatic rings. The maximum atomic E-state index is 6.53. The maximum Gasteiger partial charge on any atom is 0.226 e. The second-order valence-corrected chi connectivity index (χ2v) is 15.1. The van der Waals surface area contributed by atoms with E-state index in [0.29, 0.717) is 25.4 Å². The van der Waals surface area contributed by atoms with Crippen LogP contribution in [0.25, 0.3) is 11.2 Å². The van der Waals surface area contributed by atoms with Crippen LogP contribution in [0.4, 0.5) is 5.82 Å². The quantitative estimate of drug-likeness (QED) is 0.383. The fraction of sp³-hybridized carbons (Fsp3) is 0.706. The van der Waals surface area contributed by atoms with Gasteiger partial charge in [-0.1, -0.05) is 20.8 Å². The number of nitrogens with two attached hydrogens (primary N) is 1. The van der Waals surface area contributed by atoms with Gasteiger partial charge in [0.05, 0.1) is 12.9 Å². The SMILES string of the molecule is CC(C)(C)[Si](C)(C)OC[C@H]1O[C@@]2(n3cnc4c(N)nc(Cl)nc43)CC2C1OP=S. The molecule has 0 bridgehead atoms. The lowest BCUT2D eigenvalue weighted by Crippen LogP contribution is -2.44. The molecule has 2 aromatic heterocycles. The lowest BCUT2D eigenvalue weighted by Gasteiger charge is -2.37. The highest BCUT2D eigenvalue weighted by Crippen LogP contribution is 2.62. The molecule has 158 valence electrons. The van der Waals surface area contributed by atoms with Crippen molar-refractivity contribution >= 4 is 56.3 Å². The van der Waals surface area contributed by atoms with E-state index in [-0.39, 0.29) is 34.3 Å². The lowest BCUT2D eigenvalue weighted by molar-refractivity contribution is -0.0778. The van der Waals surface area contributed by atoms with Gasteiger partial charge < -0.3 is 19.4 Å². The van der Waals surface area contributed by atoms with Gasteiger partial charge in [-0.25, -0.2) is 4.98 Å². The van der Waals surface area contributed by atoms with Crippen molar-refractivity contribution in [2.45, 2.75) is 63.3 Å². The van der Waals surface area contributed by atoms with Crippen LogP contribution < -0.4 is 5.73 Å². The topological polar surface area (TPSA) is 97.3 Å². The zero-order chi connectivity index (χ0) is 21.2. The van der Waals surface area contributed by atoms with Crippen LogP contribution in [0.15, 0.2) is 6.33 Å². The fourth-order valence-electron chi connectivity index (χ4n) is 3.68. The molecule has 0 radical (unpaired) electrons. The summed E-state index contributed by atoms with van der Waals surface area (Å²) in [7, 11) is -1.46. The molecule has 29 heavy (non-hydrogen) atoms. The van der Waals surface area contributed by atoms with Crippen LogP contribution in [0.3, 0.4) is 0 Å². The van der Waals surface area contributed by atoms with E-state index in [4.69, 9.17) is 42.8 Å². The molecule has 1 aliphatic carbocycles. The summed E-state index contributed by atoms with van der Waals surface area (Å²) in [4.78, 5) is 12.7. The van der Waals surface area contributed by atoms with Gasteiger partial charge in [-0.2, -0.15) is 9.97 Å². The number of imidazole rings is 1. The van der Waals surface area contributed by atoms with Crippen molar-refractivity contribution in [1.82, 2.24) is 19.5 Å². The predicted octanol–water partition coefficient (Wildman–Crippen LogP) is 3.86. The zero-order valence-corrected chi connectivity index (χ0v) is 20.5. The highest BCUT2D eigenvalue weighted by Gasteiger charge is 2.70. The molecule has 1 saturated heterocycles. The van der Waals surface area contributed by atoms with E-state index in [1.807, 2.05) is 4.57 Å². The summed E-state index contributed by atoms with van der Waals surface area (Å²) in [5.74, 6) is 0.387. The van der Waals surface area contributed by atoms with E-state index >= 15 is 0 Å². The monoisotopic (exact) mass is 473 g/mol. The highest BCUT2D eigenvalue weighted by molar-refractivity contribution is 7.94. The number of aromatic nitrogens is 4. The molecule has 1 aliphatic heterocycles. The van der Waals surface area contributed by atoms with Gasteiger partial charge in [0.1, 0.15) is 25.3 Å². The summed E-state index contributed by atoms with van der Waals surface area (Å²) in [6.07, 6.45) is 2.11. The van der Waals surface area contributed by atoms with E-state index < -0.39 is 14.0 Å². The Balaban J connectivity index is 1.62. The largest absolute Gasteiger partial charge is 0.414 e. The number of halogens is 1. The molecule has 4 atom stereocenters. The van der Waals surface area contributed by atoms with Gasteiger partial charge in [0.15, 0.2) is 25.5 Å². The average molecular weight is 474 g/mol. The molecule has 2 aliphatic rings. The lowest BCUT2D eigenvalue weighted by atomic mass is 10.1. The summed E-state index contributed by atoms with van der Waals surface area (Å²) < 4.78 is 20.7. The molecule has 0 amide bonds. The van der Waals surface area contributed by atoms with E-state index in [9.17, 15) is 0 Å². The highest BCUT2D eigenvalue weighted by atomic mass is 35.5. The molecule has 2 N–H and O–H groups in total. The Hall–Kier alpha value is -0.743. The first-order valence-corrected chi connectivity index (χ1v) is 14.6. The van der Waals surface area contributed by atoms with Crippen LogP contribution in [0.5, 0.6) is 0 Å². The average Bonchev–Trinajstić information content (AvgIpc) is 3.01. The van der Waals surface area contributed by atoms with Gasteiger partial charge in [0, 0.05) is 12.3 Å². The number of anilines is 1. The number of hydrogen-bond donors (Lipinski definition) is 1. The smallest absolute Gasteiger partial charge is 0.226 e. The van der Waals surface area contributed by atoms with Gasteiger partial charge in [-0.15, -0.1) is 0 Å². The van der Waals surface area contributed by atoms with Gasteiger partial charge >= 0.3 is 0 Å². The van der Waals surface area contributed by atoms with Gasteiger partial charge in [-0.05, 0) is 41.5 Å². The summed E-state index contributed by atoms with van der Waals surface area (Å²) >= 11 is 11.1. The Kier molecular flexibility index (Phi) is 5.30. The van der Waals surface area contributed by atoms with Gasteiger partial charge in [-0.3, -0.25) is 4.57 Å². The third-order valence-electron chi connectivity index (χ3n) is 6.43. The minimum Gasteiger partial charge on any atom is -0.414 e. The van der Waals surface area contributed by atoms with Crippen LogP contribution in [0.2, 0.25) is 23.4 Å². The first-order chi connectivity index (χ1) is 13.5. The van der Waals surface area contributed by atoms with Crippen LogP contribution in [0, 0.1) is 5.92 Å². The van der Waals surface area contributed by atoms with Crippen molar-refractivity contribution in [2.75, 3.05) is 12.3 Å². The van der Waals surface area contributed by atoms with Crippen molar-refractivity contribution < 1.29 is 13.7 Å². The molecule has 2 unspecified atom stereocenters. The number of ether oxygens (including phenoxy) is 1. The van der Waals surface area contributed by atoms with Crippen molar-refractivity contribution in [3.05, 3.63) is 11.6 Å². The number of hydrogen-bond acceptors (Lipinski definition) is 8. The Morgan fingerprint density at radius 3 is 2.83 bits per heavy atom. The number of nitrogens with zero attached hydrogens (tertiary/aromatic N) is 4. The first-order valence-electron chi connectivity index (χ1n) is 9.47. The molecule has 0 spiro atoms. The number of fused-ring (bicyclic) bond motifs is 2. The van der Waals surface area contributed by atoms with Crippen molar-refractivity contribution in [1.29, 1.82) is 0 Å². The normalized spacial score (nSPS) is 29.5. The van der Waals surface area contributed by atoms with Gasteiger partial charge in [0.2, 0.25) is 5.28 Å². The molecule has 2 fully saturated rings. The molecule has 0 aromatic carbocycles. The van der Waals surface area contributed by atoms with Crippen molar-refractivity contribution in [2.24, 2.45) is 5.92 Å². The third kappa shape index (κ3) is 3.52. The maximum absolute atomic E-state index is 6.53. The Morgan fingerprint density at radius 1 is 1.45 bits per heavy atom. The second kappa shape index (κ2) is 7.15. The number of rotatable bonds is 6. The predicted molar refractivity (Wildman–Crippen MR) is 118 cm³/mol. The Bertz CT molecular complexity index is 970. The van der Waals surface area contributed by atoms with E-state index in [0.717, 1.165) is 6.42 Å². The van der Waals surface area contributed by atoms with Crippen LogP contribution in [-0.4, -0.2) is 46.7 Å². The summed E-state index contributed by atoms with van der Waals surface area (Å²) in [6.45, 7) is 11.6. The fourth-order valence-corrected chi connectivity index (χ4v) is 5.55. The van der Waals surface area contributed by atoms with Crippen LogP contribution in [0.1, 0.15) is 27.2 Å². The van der Waals surface area contributed by atoms with Crippen molar-refractivity contribution in [3.8, 4) is 0 Å². The standard InChI is InChI=1S/C17H25ClN5O3PSSi/c1-16(2,3)29(4,5)24-7-10-12(26-27-28)9-6-17(9,25-10)23-8-20-11-13(19)21-15(18)22-14(11)23/h8-10,12H,6-7H2,1-5H3,(H2,19,21,22)/t9?,10-,12?,17+/m1/s1. The van der Waals surface area contributed by atoms with Crippen LogP contribution in [-0.2, 0) is 31.2 Å². The van der Waals surface area contributed by atoms with Crippen LogP contribution >= 0.6 is 19.2 Å². The number of nitrogen functional groups attached to an aromatic ring is 1. The zero-order valence-electron chi connectivity index (χ0n) is 17.0. The van der Waals surface area contributed by atoms with Crippen molar-refractivity contribution in [3.63, 3.8) is 0 Å². The van der Waals surface area contributed by atoms with E-state index in [1.54, 1.807) is 6.33 Å². The Labute approximate surface area is 182 Å². The minimum absolute atomic E-state index is 0.0815. The van der Waals surface area contributed by atoms with Gasteiger partial charge in [0.25, 0.3) is 0 Å². The second-order valence-electron chi connectivity index (χ2n) is 9.19. The molecular weight excluding hydrogens is 449 g/mol. The molecular formula is C17H25ClN5O3PSSi. The minimum atomic E-state index is -1.92. The summed E-state index contributed by atoms with van der Waals surface area (Å²) in [5.41, 5.74) is 6.44. The molecule has 8 nitrogen and oxygen atoms in total. The third-order valence-corrected chi connectivity index (χ3v) is 11.7. The first kappa shape index (κ1) is 21.5.